The molecule has 0 spiro atoms. The molecule has 4 aliphatic heterocycles. The van der Waals surface area contributed by atoms with Crippen LogP contribution in [0.5, 0.6) is 0 Å². The van der Waals surface area contributed by atoms with Crippen LogP contribution in [-0.2, 0) is 18.0 Å². The van der Waals surface area contributed by atoms with Gasteiger partial charge in [0.05, 0.1) is 23.8 Å². The van der Waals surface area contributed by atoms with Crippen LogP contribution in [0.2, 0.25) is 0 Å². The van der Waals surface area contributed by atoms with Crippen LogP contribution >= 0.6 is 11.8 Å². The number of thioether (sulfide) groups is 1. The molecule has 3 unspecified atom stereocenters. The zero-order chi connectivity index (χ0) is 23.0. The van der Waals surface area contributed by atoms with E-state index in [1.807, 2.05) is 0 Å². The molecule has 1 aliphatic carbocycles. The first-order chi connectivity index (χ1) is 15.9. The molecule has 3 N–H and O–H groups in total. The van der Waals surface area contributed by atoms with Gasteiger partial charge in [-0.1, -0.05) is 24.4 Å². The van der Waals surface area contributed by atoms with Gasteiger partial charge in [-0.3, -0.25) is 0 Å². The van der Waals surface area contributed by atoms with Crippen molar-refractivity contribution in [1.82, 2.24) is 10.2 Å². The van der Waals surface area contributed by atoms with Crippen LogP contribution in [0, 0.1) is 25.2 Å². The van der Waals surface area contributed by atoms with Crippen molar-refractivity contribution in [3.8, 4) is 6.07 Å². The number of piperidine rings is 1. The van der Waals surface area contributed by atoms with Crippen molar-refractivity contribution in [2.24, 2.45) is 5.73 Å². The topological polar surface area (TPSA) is 74.3 Å². The molecule has 1 aromatic rings. The zero-order valence-corrected chi connectivity index (χ0v) is 20.4. The van der Waals surface area contributed by atoms with Crippen molar-refractivity contribution in [1.29, 1.82) is 5.26 Å². The smallest absolute Gasteiger partial charge is 0.102 e. The van der Waals surface area contributed by atoms with Crippen LogP contribution in [0.4, 0.5) is 0 Å². The molecule has 33 heavy (non-hydrogen) atoms. The summed E-state index contributed by atoms with van der Waals surface area (Å²) in [4.78, 5) is 2.53. The van der Waals surface area contributed by atoms with E-state index >= 15 is 0 Å². The Kier molecular flexibility index (Phi) is 4.81. The van der Waals surface area contributed by atoms with Gasteiger partial charge in [0.15, 0.2) is 0 Å². The highest BCUT2D eigenvalue weighted by Gasteiger charge is 2.43. The van der Waals surface area contributed by atoms with Crippen molar-refractivity contribution in [2.45, 2.75) is 64.2 Å². The van der Waals surface area contributed by atoms with Gasteiger partial charge < -0.3 is 20.7 Å². The number of nitrogens with one attached hydrogen (secondary N) is 1. The SMILES string of the molecule is C=C(c1c(C)c(C)c(C2=C3C(C#N)=C(N)SC3CC=C2C)c2c1COC2)N1C2CNCC1C2. The second-order valence-corrected chi connectivity index (χ2v) is 11.1. The number of piperazine rings is 1. The fourth-order valence-corrected chi connectivity index (χ4v) is 7.67. The summed E-state index contributed by atoms with van der Waals surface area (Å²) in [7, 11) is 0. The van der Waals surface area contributed by atoms with Crippen LogP contribution in [0.3, 0.4) is 0 Å². The number of allylic oxidation sites excluding steroid dienone is 4. The number of hydrogen-bond donors (Lipinski definition) is 2. The molecular formula is C27H30N4OS. The third kappa shape index (κ3) is 2.86. The van der Waals surface area contributed by atoms with E-state index < -0.39 is 0 Å². The highest BCUT2D eigenvalue weighted by molar-refractivity contribution is 8.04. The van der Waals surface area contributed by atoms with Crippen molar-refractivity contribution in [2.75, 3.05) is 13.1 Å². The molecule has 0 amide bonds. The van der Waals surface area contributed by atoms with Crippen LogP contribution in [0.25, 0.3) is 11.3 Å². The molecule has 2 bridgehead atoms. The molecule has 5 aliphatic rings. The van der Waals surface area contributed by atoms with Gasteiger partial charge in [-0.25, -0.2) is 0 Å². The molecule has 170 valence electrons. The van der Waals surface area contributed by atoms with Gasteiger partial charge >= 0.3 is 0 Å². The Balaban J connectivity index is 1.56. The molecule has 0 radical (unpaired) electrons. The van der Waals surface area contributed by atoms with Crippen molar-refractivity contribution < 1.29 is 4.74 Å². The van der Waals surface area contributed by atoms with E-state index in [1.54, 1.807) is 11.8 Å². The number of hydrogen-bond acceptors (Lipinski definition) is 6. The van der Waals surface area contributed by atoms with Gasteiger partial charge in [-0.2, -0.15) is 5.26 Å². The van der Waals surface area contributed by atoms with Gasteiger partial charge in [-0.15, -0.1) is 0 Å². The first-order valence-corrected chi connectivity index (χ1v) is 12.7. The largest absolute Gasteiger partial charge is 0.392 e. The molecule has 0 aromatic heterocycles. The van der Waals surface area contributed by atoms with Crippen LogP contribution in [0.15, 0.2) is 34.4 Å². The summed E-state index contributed by atoms with van der Waals surface area (Å²) in [5.74, 6) is 0. The van der Waals surface area contributed by atoms with Crippen LogP contribution < -0.4 is 11.1 Å². The monoisotopic (exact) mass is 458 g/mol. The lowest BCUT2D eigenvalue weighted by Gasteiger charge is -2.55. The molecule has 1 aromatic carbocycles. The summed E-state index contributed by atoms with van der Waals surface area (Å²) >= 11 is 1.63. The number of nitriles is 1. The first kappa shape index (κ1) is 21.1. The van der Waals surface area contributed by atoms with Crippen molar-refractivity contribution in [3.05, 3.63) is 67.8 Å². The summed E-state index contributed by atoms with van der Waals surface area (Å²) in [6, 6.07) is 3.50. The number of rotatable bonds is 3. The Morgan fingerprint density at radius 1 is 1.21 bits per heavy atom. The fraction of sp³-hybridized carbons (Fsp3) is 0.444. The molecule has 2 saturated heterocycles. The minimum absolute atomic E-state index is 0.221. The van der Waals surface area contributed by atoms with Gasteiger partial charge in [0.1, 0.15) is 6.07 Å². The van der Waals surface area contributed by atoms with E-state index in [1.165, 1.54) is 50.9 Å². The Morgan fingerprint density at radius 3 is 2.64 bits per heavy atom. The molecule has 2 fully saturated rings. The van der Waals surface area contributed by atoms with Gasteiger partial charge in [-0.05, 0) is 78.1 Å². The quantitative estimate of drug-likeness (QED) is 0.705. The van der Waals surface area contributed by atoms with E-state index in [2.05, 4.69) is 49.7 Å². The summed E-state index contributed by atoms with van der Waals surface area (Å²) < 4.78 is 6.07. The number of fused-ring (bicyclic) bond motifs is 4. The first-order valence-electron chi connectivity index (χ1n) is 11.8. The number of nitrogens with two attached hydrogens (primary N) is 1. The maximum atomic E-state index is 9.93. The average Bonchev–Trinajstić information content (AvgIpc) is 3.39. The molecule has 0 saturated carbocycles. The Bertz CT molecular complexity index is 1230. The normalized spacial score (nSPS) is 27.8. The lowest BCUT2D eigenvalue weighted by Crippen LogP contribution is -2.66. The van der Waals surface area contributed by atoms with Gasteiger partial charge in [0.25, 0.3) is 0 Å². The lowest BCUT2D eigenvalue weighted by atomic mass is 9.77. The highest BCUT2D eigenvalue weighted by atomic mass is 32.2. The second-order valence-electron chi connectivity index (χ2n) is 9.87. The Labute approximate surface area is 200 Å². The van der Waals surface area contributed by atoms with Crippen LogP contribution in [0.1, 0.15) is 53.1 Å². The third-order valence-electron chi connectivity index (χ3n) is 8.23. The standard InChI is InChI=1S/C27H30N4OS/c1-13-5-6-22-26(19(8-28)27(29)33-22)23(13)25-15(3)14(2)24(20-11-32-12-21(20)25)16(4)31-17-7-18(31)10-30-9-17/h5,17-18,22,30H,4,6-7,9-12,29H2,1-3H3. The predicted molar refractivity (Wildman–Crippen MR) is 134 cm³/mol. The minimum Gasteiger partial charge on any atom is -0.392 e. The summed E-state index contributed by atoms with van der Waals surface area (Å²) in [5, 5.41) is 14.3. The maximum absolute atomic E-state index is 9.93. The molecule has 3 atom stereocenters. The van der Waals surface area contributed by atoms with Crippen molar-refractivity contribution in [3.63, 3.8) is 0 Å². The van der Waals surface area contributed by atoms with Gasteiger partial charge in [0.2, 0.25) is 0 Å². The summed E-state index contributed by atoms with van der Waals surface area (Å²) in [6.45, 7) is 14.5. The van der Waals surface area contributed by atoms with Gasteiger partial charge in [0, 0.05) is 41.7 Å². The Hall–Kier alpha value is -2.46. The second kappa shape index (κ2) is 7.53. The molecule has 6 heteroatoms. The number of ether oxygens (including phenoxy) is 1. The molecule has 4 heterocycles. The predicted octanol–water partition coefficient (Wildman–Crippen LogP) is 4.26. The average molecular weight is 459 g/mol. The molecular weight excluding hydrogens is 428 g/mol. The zero-order valence-electron chi connectivity index (χ0n) is 19.5. The molecule has 6 rings (SSSR count). The van der Waals surface area contributed by atoms with E-state index in [0.717, 1.165) is 30.8 Å². The molecule has 5 nitrogen and oxygen atoms in total. The van der Waals surface area contributed by atoms with E-state index in [9.17, 15) is 5.26 Å². The Morgan fingerprint density at radius 2 is 1.94 bits per heavy atom. The number of benzene rings is 1. The van der Waals surface area contributed by atoms with E-state index in [4.69, 9.17) is 10.5 Å². The minimum atomic E-state index is 0.221. The maximum Gasteiger partial charge on any atom is 0.102 e. The fourth-order valence-electron chi connectivity index (χ4n) is 6.55. The van der Waals surface area contributed by atoms with E-state index in [-0.39, 0.29) is 5.25 Å². The van der Waals surface area contributed by atoms with Crippen LogP contribution in [-0.4, -0.2) is 35.3 Å². The van der Waals surface area contributed by atoms with E-state index in [0.29, 0.717) is 35.9 Å². The van der Waals surface area contributed by atoms with Crippen molar-refractivity contribution >= 4 is 23.0 Å². The highest BCUT2D eigenvalue weighted by Crippen LogP contribution is 2.52. The summed E-state index contributed by atoms with van der Waals surface area (Å²) in [5.41, 5.74) is 19.3. The third-order valence-corrected chi connectivity index (χ3v) is 9.41. The lowest BCUT2D eigenvalue weighted by molar-refractivity contribution is 0.0460. The summed E-state index contributed by atoms with van der Waals surface area (Å²) in [6.07, 6.45) is 4.48. The number of nitrogens with zero attached hydrogens (tertiary/aromatic N) is 2.